The van der Waals surface area contributed by atoms with Gasteiger partial charge in [-0.2, -0.15) is 5.10 Å². The SMILES string of the molecule is Cc1cc(NC(=O)C(=O)N2CCCC[C@H]2c2ccc3[nH]ncc3n2)cnc1N. The van der Waals surface area contributed by atoms with E-state index in [0.29, 0.717) is 18.1 Å². The van der Waals surface area contributed by atoms with Crippen molar-refractivity contribution in [1.29, 1.82) is 0 Å². The van der Waals surface area contributed by atoms with Crippen molar-refractivity contribution in [2.24, 2.45) is 0 Å². The number of rotatable bonds is 2. The minimum Gasteiger partial charge on any atom is -0.383 e. The maximum absolute atomic E-state index is 12.9. The van der Waals surface area contributed by atoms with Crippen LogP contribution in [0, 0.1) is 6.92 Å². The van der Waals surface area contributed by atoms with Gasteiger partial charge in [0.25, 0.3) is 0 Å². The van der Waals surface area contributed by atoms with Crippen LogP contribution in [0.5, 0.6) is 0 Å². The minimum absolute atomic E-state index is 0.238. The molecule has 1 saturated heterocycles. The number of carbonyl (C=O) groups is 2. The van der Waals surface area contributed by atoms with Crippen molar-refractivity contribution in [1.82, 2.24) is 25.1 Å². The first kappa shape index (κ1) is 17.9. The molecule has 28 heavy (non-hydrogen) atoms. The zero-order valence-corrected chi connectivity index (χ0v) is 15.5. The summed E-state index contributed by atoms with van der Waals surface area (Å²) in [5, 5.41) is 9.47. The maximum atomic E-state index is 12.9. The van der Waals surface area contributed by atoms with Gasteiger partial charge in [-0.15, -0.1) is 0 Å². The molecule has 1 atom stereocenters. The number of carbonyl (C=O) groups excluding carboxylic acids is 2. The number of pyridine rings is 2. The van der Waals surface area contributed by atoms with E-state index >= 15 is 0 Å². The highest BCUT2D eigenvalue weighted by Gasteiger charge is 2.32. The van der Waals surface area contributed by atoms with Gasteiger partial charge in [-0.1, -0.05) is 0 Å². The quantitative estimate of drug-likeness (QED) is 0.583. The summed E-state index contributed by atoms with van der Waals surface area (Å²) in [6.45, 7) is 2.30. The number of nitrogens with two attached hydrogens (primary N) is 1. The van der Waals surface area contributed by atoms with Crippen LogP contribution < -0.4 is 11.1 Å². The predicted molar refractivity (Wildman–Crippen MR) is 104 cm³/mol. The van der Waals surface area contributed by atoms with E-state index in [1.165, 1.54) is 6.20 Å². The van der Waals surface area contributed by atoms with Gasteiger partial charge >= 0.3 is 11.8 Å². The number of nitrogens with zero attached hydrogens (tertiary/aromatic N) is 4. The Balaban J connectivity index is 1.55. The molecule has 0 aliphatic carbocycles. The van der Waals surface area contributed by atoms with Crippen LogP contribution in [0.4, 0.5) is 11.5 Å². The highest BCUT2D eigenvalue weighted by molar-refractivity contribution is 6.39. The Morgan fingerprint density at radius 3 is 2.96 bits per heavy atom. The third-order valence-electron chi connectivity index (χ3n) is 4.99. The van der Waals surface area contributed by atoms with Crippen LogP contribution in [0.3, 0.4) is 0 Å². The molecule has 0 bridgehead atoms. The van der Waals surface area contributed by atoms with Gasteiger partial charge in [0.15, 0.2) is 0 Å². The number of H-pyrrole nitrogens is 1. The number of nitrogens with one attached hydrogen (secondary N) is 2. The van der Waals surface area contributed by atoms with E-state index in [2.05, 4.69) is 25.5 Å². The average Bonchev–Trinajstić information content (AvgIpc) is 3.18. The molecule has 9 heteroatoms. The fourth-order valence-corrected chi connectivity index (χ4v) is 3.48. The average molecular weight is 379 g/mol. The second-order valence-electron chi connectivity index (χ2n) is 6.93. The lowest BCUT2D eigenvalue weighted by atomic mass is 9.98. The van der Waals surface area contributed by atoms with Gasteiger partial charge in [-0.25, -0.2) is 9.97 Å². The van der Waals surface area contributed by atoms with E-state index in [1.54, 1.807) is 24.1 Å². The Bertz CT molecular complexity index is 1050. The fourth-order valence-electron chi connectivity index (χ4n) is 3.48. The molecule has 0 spiro atoms. The minimum atomic E-state index is -0.692. The zero-order chi connectivity index (χ0) is 19.7. The summed E-state index contributed by atoms with van der Waals surface area (Å²) < 4.78 is 0. The number of likely N-dealkylation sites (tertiary alicyclic amines) is 1. The molecule has 9 nitrogen and oxygen atoms in total. The summed E-state index contributed by atoms with van der Waals surface area (Å²) >= 11 is 0. The van der Waals surface area contributed by atoms with Gasteiger partial charge < -0.3 is 16.0 Å². The number of aromatic amines is 1. The summed E-state index contributed by atoms with van der Waals surface area (Å²) in [5.74, 6) is -0.878. The summed E-state index contributed by atoms with van der Waals surface area (Å²) in [7, 11) is 0. The third-order valence-corrected chi connectivity index (χ3v) is 4.99. The van der Waals surface area contributed by atoms with Gasteiger partial charge in [0.2, 0.25) is 0 Å². The molecule has 4 rings (SSSR count). The zero-order valence-electron chi connectivity index (χ0n) is 15.5. The number of amides is 2. The molecule has 0 saturated carbocycles. The van der Waals surface area contributed by atoms with Crippen LogP contribution in [0.15, 0.2) is 30.6 Å². The second-order valence-corrected chi connectivity index (χ2v) is 6.93. The summed E-state index contributed by atoms with van der Waals surface area (Å²) in [4.78, 5) is 35.7. The van der Waals surface area contributed by atoms with Crippen LogP contribution >= 0.6 is 0 Å². The van der Waals surface area contributed by atoms with Gasteiger partial charge in [-0.3, -0.25) is 14.7 Å². The number of anilines is 2. The number of fused-ring (bicyclic) bond motifs is 1. The van der Waals surface area contributed by atoms with Gasteiger partial charge in [0.05, 0.1) is 35.3 Å². The smallest absolute Gasteiger partial charge is 0.313 e. The van der Waals surface area contributed by atoms with E-state index in [4.69, 9.17) is 5.73 Å². The lowest BCUT2D eigenvalue weighted by Gasteiger charge is -2.34. The van der Waals surface area contributed by atoms with Crippen molar-refractivity contribution in [3.8, 4) is 0 Å². The highest BCUT2D eigenvalue weighted by atomic mass is 16.2. The molecule has 1 aliphatic rings. The fraction of sp³-hybridized carbons (Fsp3) is 0.316. The third kappa shape index (κ3) is 3.38. The highest BCUT2D eigenvalue weighted by Crippen LogP contribution is 2.31. The molecule has 144 valence electrons. The molecule has 3 aromatic heterocycles. The van der Waals surface area contributed by atoms with Gasteiger partial charge in [0, 0.05) is 6.54 Å². The molecule has 1 aliphatic heterocycles. The van der Waals surface area contributed by atoms with E-state index in [1.807, 2.05) is 12.1 Å². The molecule has 3 aromatic rings. The number of aromatic nitrogens is 4. The standard InChI is InChI=1S/C19H21N7O2/c1-11-8-12(9-21-17(11)20)23-18(27)19(28)26-7-3-2-4-16(26)14-6-5-13-15(24-14)10-22-25-13/h5-6,8-10,16H,2-4,7H2,1H3,(H2,20,21)(H,22,25)(H,23,27)/t16-/m0/s1. The molecular weight excluding hydrogens is 358 g/mol. The van der Waals surface area contributed by atoms with Crippen LogP contribution in [-0.4, -0.2) is 43.4 Å². The Morgan fingerprint density at radius 2 is 2.14 bits per heavy atom. The molecule has 4 N–H and O–H groups in total. The van der Waals surface area contributed by atoms with E-state index in [9.17, 15) is 9.59 Å². The monoisotopic (exact) mass is 379 g/mol. The van der Waals surface area contributed by atoms with Crippen molar-refractivity contribution in [3.05, 3.63) is 41.9 Å². The van der Waals surface area contributed by atoms with Crippen molar-refractivity contribution in [2.45, 2.75) is 32.2 Å². The molecule has 1 fully saturated rings. The molecule has 0 aromatic carbocycles. The number of nitrogen functional groups attached to an aromatic ring is 1. The number of aryl methyl sites for hydroxylation is 1. The lowest BCUT2D eigenvalue weighted by molar-refractivity contribution is -0.146. The summed E-state index contributed by atoms with van der Waals surface area (Å²) in [6.07, 6.45) is 5.68. The lowest BCUT2D eigenvalue weighted by Crippen LogP contribution is -2.44. The van der Waals surface area contributed by atoms with Crippen molar-refractivity contribution >= 4 is 34.4 Å². The number of hydrogen-bond acceptors (Lipinski definition) is 6. The van der Waals surface area contributed by atoms with E-state index in [0.717, 1.165) is 41.6 Å². The Labute approximate surface area is 161 Å². The first-order valence-electron chi connectivity index (χ1n) is 9.17. The normalized spacial score (nSPS) is 16.9. The van der Waals surface area contributed by atoms with Crippen LogP contribution in [0.25, 0.3) is 11.0 Å². The van der Waals surface area contributed by atoms with Gasteiger partial charge in [-0.05, 0) is 49.9 Å². The van der Waals surface area contributed by atoms with E-state index < -0.39 is 11.8 Å². The Kier molecular flexibility index (Phi) is 4.64. The van der Waals surface area contributed by atoms with Crippen molar-refractivity contribution < 1.29 is 9.59 Å². The molecule has 0 unspecified atom stereocenters. The van der Waals surface area contributed by atoms with Crippen molar-refractivity contribution in [2.75, 3.05) is 17.6 Å². The number of piperidine rings is 1. The first-order chi connectivity index (χ1) is 13.5. The van der Waals surface area contributed by atoms with Gasteiger partial charge in [0.1, 0.15) is 11.3 Å². The Morgan fingerprint density at radius 1 is 1.29 bits per heavy atom. The number of hydrogen-bond donors (Lipinski definition) is 3. The summed E-state index contributed by atoms with van der Waals surface area (Å²) in [5.41, 5.74) is 9.21. The molecule has 4 heterocycles. The maximum Gasteiger partial charge on any atom is 0.313 e. The Hall–Kier alpha value is -3.49. The van der Waals surface area contributed by atoms with Crippen LogP contribution in [-0.2, 0) is 9.59 Å². The van der Waals surface area contributed by atoms with Crippen LogP contribution in [0.1, 0.15) is 36.6 Å². The predicted octanol–water partition coefficient (Wildman–Crippen LogP) is 1.94. The molecule has 2 amide bonds. The largest absolute Gasteiger partial charge is 0.383 e. The van der Waals surface area contributed by atoms with Crippen molar-refractivity contribution in [3.63, 3.8) is 0 Å². The van der Waals surface area contributed by atoms with Crippen LogP contribution in [0.2, 0.25) is 0 Å². The summed E-state index contributed by atoms with van der Waals surface area (Å²) in [6, 6.07) is 5.22. The molecular formula is C19H21N7O2. The topological polar surface area (TPSA) is 130 Å². The molecule has 0 radical (unpaired) electrons. The second kappa shape index (κ2) is 7.26. The van der Waals surface area contributed by atoms with E-state index in [-0.39, 0.29) is 6.04 Å². The first-order valence-corrected chi connectivity index (χ1v) is 9.17.